The molecule has 0 spiro atoms. The molecule has 0 unspecified atom stereocenters. The maximum Gasteiger partial charge on any atom is 0.237 e. The van der Waals surface area contributed by atoms with E-state index >= 15 is 0 Å². The lowest BCUT2D eigenvalue weighted by Crippen LogP contribution is -2.39. The molecular weight excluding hydrogens is 300 g/mol. The monoisotopic (exact) mass is 326 g/mol. The highest BCUT2D eigenvalue weighted by Gasteiger charge is 2.30. The molecule has 0 saturated carbocycles. The summed E-state index contributed by atoms with van der Waals surface area (Å²) in [5.41, 5.74) is 2.38. The van der Waals surface area contributed by atoms with E-state index in [4.69, 9.17) is 0 Å². The van der Waals surface area contributed by atoms with Gasteiger partial charge in [0.1, 0.15) is 0 Å². The van der Waals surface area contributed by atoms with Gasteiger partial charge in [-0.2, -0.15) is 5.10 Å². The second-order valence-electron chi connectivity index (χ2n) is 6.67. The fourth-order valence-corrected chi connectivity index (χ4v) is 3.46. The van der Waals surface area contributed by atoms with E-state index in [1.807, 2.05) is 48.1 Å². The van der Waals surface area contributed by atoms with Crippen LogP contribution in [0.3, 0.4) is 0 Å². The van der Waals surface area contributed by atoms with Crippen LogP contribution in [-0.4, -0.2) is 45.6 Å². The van der Waals surface area contributed by atoms with Gasteiger partial charge < -0.3 is 4.90 Å². The number of nitrogens with zero attached hydrogens (tertiary/aromatic N) is 4. The molecule has 1 aromatic heterocycles. The van der Waals surface area contributed by atoms with Crippen LogP contribution in [0.2, 0.25) is 0 Å². The standard InChI is InChI=1S/C19H26N4O/c1-15(16-8-5-4-6-9-16)22(3)19(24)14-23-11-7-10-18(23)17-12-20-21(2)13-17/h4-6,8-9,12-13,15,18H,7,10-11,14H2,1-3H3/t15-,18-/m0/s1. The molecule has 5 nitrogen and oxygen atoms in total. The molecule has 0 bridgehead atoms. The molecule has 1 aromatic carbocycles. The molecule has 1 fully saturated rings. The molecule has 0 N–H and O–H groups in total. The second-order valence-corrected chi connectivity index (χ2v) is 6.67. The summed E-state index contributed by atoms with van der Waals surface area (Å²) in [5.74, 6) is 0.169. The summed E-state index contributed by atoms with van der Waals surface area (Å²) >= 11 is 0. The SMILES string of the molecule is C[C@@H](c1ccccc1)N(C)C(=O)CN1CCC[C@H]1c1cnn(C)c1. The zero-order chi connectivity index (χ0) is 17.1. The number of aryl methyl sites for hydroxylation is 1. The first kappa shape index (κ1) is 16.7. The lowest BCUT2D eigenvalue weighted by atomic mass is 10.1. The third kappa shape index (κ3) is 3.51. The van der Waals surface area contributed by atoms with E-state index in [1.54, 1.807) is 0 Å². The number of likely N-dealkylation sites (N-methyl/N-ethyl adjacent to an activating group) is 1. The van der Waals surface area contributed by atoms with Crippen LogP contribution < -0.4 is 0 Å². The van der Waals surface area contributed by atoms with E-state index in [1.165, 1.54) is 11.1 Å². The third-order valence-corrected chi connectivity index (χ3v) is 5.07. The number of rotatable bonds is 5. The molecule has 128 valence electrons. The minimum atomic E-state index is 0.0816. The highest BCUT2D eigenvalue weighted by molar-refractivity contribution is 5.78. The van der Waals surface area contributed by atoms with Gasteiger partial charge in [0.15, 0.2) is 0 Å². The summed E-state index contributed by atoms with van der Waals surface area (Å²) in [5, 5.41) is 4.27. The van der Waals surface area contributed by atoms with Crippen molar-refractivity contribution in [1.82, 2.24) is 19.6 Å². The number of benzene rings is 1. The van der Waals surface area contributed by atoms with Crippen molar-refractivity contribution >= 4 is 5.91 Å². The Hall–Kier alpha value is -2.14. The Balaban J connectivity index is 1.65. The molecular formula is C19H26N4O. The van der Waals surface area contributed by atoms with Crippen molar-refractivity contribution in [2.45, 2.75) is 31.8 Å². The largest absolute Gasteiger partial charge is 0.338 e. The van der Waals surface area contributed by atoms with Gasteiger partial charge in [-0.25, -0.2) is 0 Å². The molecule has 0 aliphatic carbocycles. The van der Waals surface area contributed by atoms with Crippen LogP contribution in [0.4, 0.5) is 0 Å². The molecule has 1 saturated heterocycles. The van der Waals surface area contributed by atoms with Crippen LogP contribution in [0.25, 0.3) is 0 Å². The van der Waals surface area contributed by atoms with Gasteiger partial charge in [0, 0.05) is 31.9 Å². The van der Waals surface area contributed by atoms with E-state index in [0.29, 0.717) is 12.6 Å². The van der Waals surface area contributed by atoms with Crippen LogP contribution in [0.1, 0.15) is 43.0 Å². The van der Waals surface area contributed by atoms with Gasteiger partial charge in [-0.3, -0.25) is 14.4 Å². The minimum Gasteiger partial charge on any atom is -0.338 e. The first-order chi connectivity index (χ1) is 11.6. The summed E-state index contributed by atoms with van der Waals surface area (Å²) in [6.45, 7) is 3.52. The summed E-state index contributed by atoms with van der Waals surface area (Å²) in [4.78, 5) is 16.9. The molecule has 3 rings (SSSR count). The number of hydrogen-bond acceptors (Lipinski definition) is 3. The van der Waals surface area contributed by atoms with Gasteiger partial charge in [-0.1, -0.05) is 30.3 Å². The first-order valence-corrected chi connectivity index (χ1v) is 8.59. The van der Waals surface area contributed by atoms with E-state index in [2.05, 4.69) is 35.3 Å². The van der Waals surface area contributed by atoms with Crippen LogP contribution in [0.15, 0.2) is 42.7 Å². The zero-order valence-corrected chi connectivity index (χ0v) is 14.7. The molecule has 2 heterocycles. The van der Waals surface area contributed by atoms with Gasteiger partial charge in [0.05, 0.1) is 18.8 Å². The average Bonchev–Trinajstić information content (AvgIpc) is 3.22. The van der Waals surface area contributed by atoms with Gasteiger partial charge in [0.2, 0.25) is 5.91 Å². The summed E-state index contributed by atoms with van der Waals surface area (Å²) in [7, 11) is 3.83. The van der Waals surface area contributed by atoms with Crippen molar-refractivity contribution in [3.05, 3.63) is 53.9 Å². The Kier molecular flexibility index (Phi) is 5.00. The molecule has 1 aliphatic heterocycles. The van der Waals surface area contributed by atoms with E-state index in [9.17, 15) is 4.79 Å². The Morgan fingerprint density at radius 2 is 2.12 bits per heavy atom. The van der Waals surface area contributed by atoms with Crippen molar-refractivity contribution in [2.24, 2.45) is 7.05 Å². The highest BCUT2D eigenvalue weighted by Crippen LogP contribution is 2.31. The number of aromatic nitrogens is 2. The maximum absolute atomic E-state index is 12.8. The van der Waals surface area contributed by atoms with E-state index in [-0.39, 0.29) is 11.9 Å². The molecule has 2 aromatic rings. The molecule has 1 aliphatic rings. The Morgan fingerprint density at radius 1 is 1.38 bits per heavy atom. The lowest BCUT2D eigenvalue weighted by molar-refractivity contribution is -0.133. The van der Waals surface area contributed by atoms with Gasteiger partial charge in [-0.05, 0) is 31.9 Å². The van der Waals surface area contributed by atoms with Crippen LogP contribution in [-0.2, 0) is 11.8 Å². The fraction of sp³-hybridized carbons (Fsp3) is 0.474. The zero-order valence-electron chi connectivity index (χ0n) is 14.7. The Morgan fingerprint density at radius 3 is 2.79 bits per heavy atom. The van der Waals surface area contributed by atoms with Crippen molar-refractivity contribution in [3.63, 3.8) is 0 Å². The summed E-state index contributed by atoms with van der Waals surface area (Å²) in [6, 6.07) is 10.6. The Labute approximate surface area is 143 Å². The maximum atomic E-state index is 12.8. The quantitative estimate of drug-likeness (QED) is 0.848. The third-order valence-electron chi connectivity index (χ3n) is 5.07. The second kappa shape index (κ2) is 7.18. The minimum absolute atomic E-state index is 0.0816. The van der Waals surface area contributed by atoms with Crippen LogP contribution in [0, 0.1) is 0 Å². The molecule has 0 radical (unpaired) electrons. The summed E-state index contributed by atoms with van der Waals surface area (Å²) < 4.78 is 1.83. The molecule has 1 amide bonds. The fourth-order valence-electron chi connectivity index (χ4n) is 3.46. The predicted octanol–water partition coefficient (Wildman–Crippen LogP) is 2.78. The van der Waals surface area contributed by atoms with Gasteiger partial charge in [-0.15, -0.1) is 0 Å². The van der Waals surface area contributed by atoms with Crippen LogP contribution >= 0.6 is 0 Å². The van der Waals surface area contributed by atoms with Gasteiger partial charge >= 0.3 is 0 Å². The number of carbonyl (C=O) groups excluding carboxylic acids is 1. The summed E-state index contributed by atoms with van der Waals surface area (Å²) in [6.07, 6.45) is 6.20. The number of hydrogen-bond donors (Lipinski definition) is 0. The van der Waals surface area contributed by atoms with Crippen molar-refractivity contribution in [3.8, 4) is 0 Å². The van der Waals surface area contributed by atoms with E-state index < -0.39 is 0 Å². The van der Waals surface area contributed by atoms with Crippen molar-refractivity contribution in [1.29, 1.82) is 0 Å². The normalized spacial score (nSPS) is 19.4. The molecule has 2 atom stereocenters. The highest BCUT2D eigenvalue weighted by atomic mass is 16.2. The van der Waals surface area contributed by atoms with E-state index in [0.717, 1.165) is 19.4 Å². The van der Waals surface area contributed by atoms with Gasteiger partial charge in [0.25, 0.3) is 0 Å². The van der Waals surface area contributed by atoms with Crippen molar-refractivity contribution < 1.29 is 4.79 Å². The lowest BCUT2D eigenvalue weighted by Gasteiger charge is -2.29. The molecule has 24 heavy (non-hydrogen) atoms. The predicted molar refractivity (Wildman–Crippen MR) is 94.4 cm³/mol. The smallest absolute Gasteiger partial charge is 0.237 e. The first-order valence-electron chi connectivity index (χ1n) is 8.59. The molecule has 5 heteroatoms. The Bertz CT molecular complexity index is 682. The van der Waals surface area contributed by atoms with Crippen LogP contribution in [0.5, 0.6) is 0 Å². The van der Waals surface area contributed by atoms with Crippen molar-refractivity contribution in [2.75, 3.05) is 20.1 Å². The number of carbonyl (C=O) groups is 1. The average molecular weight is 326 g/mol. The topological polar surface area (TPSA) is 41.4 Å². The number of amides is 1. The number of likely N-dealkylation sites (tertiary alicyclic amines) is 1.